The zero-order chi connectivity index (χ0) is 22.7. The van der Waals surface area contributed by atoms with Gasteiger partial charge in [-0.2, -0.15) is 0 Å². The molecule has 1 amide bonds. The van der Waals surface area contributed by atoms with Crippen LogP contribution in [0.1, 0.15) is 24.0 Å². The van der Waals surface area contributed by atoms with Crippen LogP contribution in [-0.4, -0.2) is 64.1 Å². The number of hydrogen-bond acceptors (Lipinski definition) is 6. The quantitative estimate of drug-likeness (QED) is 0.589. The van der Waals surface area contributed by atoms with Gasteiger partial charge in [0, 0.05) is 57.8 Å². The van der Waals surface area contributed by atoms with Crippen molar-refractivity contribution in [3.63, 3.8) is 0 Å². The van der Waals surface area contributed by atoms with Crippen molar-refractivity contribution in [3.05, 3.63) is 60.2 Å². The molecular formula is C23H27FN6O2. The predicted molar refractivity (Wildman–Crippen MR) is 119 cm³/mol. The molecule has 4 rings (SSSR count). The van der Waals surface area contributed by atoms with Crippen LogP contribution in [0.5, 0.6) is 0 Å². The lowest BCUT2D eigenvalue weighted by atomic mass is 10.0. The van der Waals surface area contributed by atoms with Gasteiger partial charge in [0.1, 0.15) is 17.7 Å². The standard InChI is InChI=1S/C23H27FN6O2/c1-16-25-8-10-29(16)9-7-21(31)30-11-12-32-20(15-30)22-19(14-26-23(27-22)28(2)3)17-5-4-6-18(24)13-17/h4-6,8,10,13-14,20H,7,9,11-12,15H2,1-3H3/t20-/m0/s1. The molecule has 1 saturated heterocycles. The molecule has 8 nitrogen and oxygen atoms in total. The fourth-order valence-electron chi connectivity index (χ4n) is 3.78. The van der Waals surface area contributed by atoms with Crippen molar-refractivity contribution in [2.45, 2.75) is 26.0 Å². The molecule has 0 unspecified atom stereocenters. The Morgan fingerprint density at radius 1 is 1.31 bits per heavy atom. The van der Waals surface area contributed by atoms with Gasteiger partial charge in [0.05, 0.1) is 18.8 Å². The lowest BCUT2D eigenvalue weighted by Crippen LogP contribution is -2.43. The Morgan fingerprint density at radius 2 is 2.16 bits per heavy atom. The van der Waals surface area contributed by atoms with Crippen molar-refractivity contribution in [2.24, 2.45) is 0 Å². The summed E-state index contributed by atoms with van der Waals surface area (Å²) < 4.78 is 21.9. The van der Waals surface area contributed by atoms with E-state index in [1.807, 2.05) is 42.7 Å². The van der Waals surface area contributed by atoms with Gasteiger partial charge in [0.25, 0.3) is 0 Å². The number of carbonyl (C=O) groups is 1. The summed E-state index contributed by atoms with van der Waals surface area (Å²) in [7, 11) is 3.72. The van der Waals surface area contributed by atoms with Gasteiger partial charge in [-0.1, -0.05) is 12.1 Å². The van der Waals surface area contributed by atoms with Crippen LogP contribution >= 0.6 is 0 Å². The second-order valence-corrected chi connectivity index (χ2v) is 7.99. The number of nitrogens with zero attached hydrogens (tertiary/aromatic N) is 6. The number of amides is 1. The Kier molecular flexibility index (Phi) is 6.45. The van der Waals surface area contributed by atoms with Gasteiger partial charge < -0.3 is 19.1 Å². The van der Waals surface area contributed by atoms with Gasteiger partial charge in [-0.3, -0.25) is 4.79 Å². The first-order chi connectivity index (χ1) is 15.4. The molecule has 32 heavy (non-hydrogen) atoms. The SMILES string of the molecule is Cc1nccn1CCC(=O)N1CCO[C@H](c2nc(N(C)C)ncc2-c2cccc(F)c2)C1. The highest BCUT2D eigenvalue weighted by molar-refractivity contribution is 5.76. The first kappa shape index (κ1) is 21.9. The number of ether oxygens (including phenoxy) is 1. The first-order valence-electron chi connectivity index (χ1n) is 10.6. The molecule has 0 spiro atoms. The number of morpholine rings is 1. The minimum atomic E-state index is -0.428. The average molecular weight is 439 g/mol. The molecule has 1 aromatic carbocycles. The van der Waals surface area contributed by atoms with Gasteiger partial charge in [-0.15, -0.1) is 0 Å². The first-order valence-corrected chi connectivity index (χ1v) is 10.6. The number of benzene rings is 1. The molecule has 3 aromatic rings. The highest BCUT2D eigenvalue weighted by Crippen LogP contribution is 2.32. The number of rotatable bonds is 6. The number of halogens is 1. The molecule has 1 fully saturated rings. The Hall–Kier alpha value is -3.33. The van der Waals surface area contributed by atoms with E-state index in [4.69, 9.17) is 9.72 Å². The molecule has 0 saturated carbocycles. The van der Waals surface area contributed by atoms with Gasteiger partial charge in [-0.25, -0.2) is 19.3 Å². The van der Waals surface area contributed by atoms with E-state index in [2.05, 4.69) is 9.97 Å². The Bertz CT molecular complexity index is 1100. The van der Waals surface area contributed by atoms with Crippen molar-refractivity contribution >= 4 is 11.9 Å². The van der Waals surface area contributed by atoms with E-state index in [1.165, 1.54) is 12.1 Å². The maximum atomic E-state index is 13.9. The zero-order valence-electron chi connectivity index (χ0n) is 18.5. The summed E-state index contributed by atoms with van der Waals surface area (Å²) in [6.45, 7) is 3.82. The van der Waals surface area contributed by atoms with Crippen molar-refractivity contribution < 1.29 is 13.9 Å². The van der Waals surface area contributed by atoms with E-state index in [0.717, 1.165) is 5.82 Å². The minimum absolute atomic E-state index is 0.0561. The number of hydrogen-bond donors (Lipinski definition) is 0. The molecule has 3 heterocycles. The highest BCUT2D eigenvalue weighted by atomic mass is 19.1. The summed E-state index contributed by atoms with van der Waals surface area (Å²) in [5.74, 6) is 1.14. The molecule has 1 aliphatic heterocycles. The Morgan fingerprint density at radius 3 is 2.88 bits per heavy atom. The topological polar surface area (TPSA) is 76.4 Å². The van der Waals surface area contributed by atoms with E-state index < -0.39 is 6.10 Å². The maximum absolute atomic E-state index is 13.9. The summed E-state index contributed by atoms with van der Waals surface area (Å²) in [5.41, 5.74) is 2.02. The normalized spacial score (nSPS) is 16.2. The summed E-state index contributed by atoms with van der Waals surface area (Å²) in [4.78, 5) is 29.8. The number of carbonyl (C=O) groups excluding carboxylic acids is 1. The molecular weight excluding hydrogens is 411 g/mol. The fraction of sp³-hybridized carbons (Fsp3) is 0.391. The predicted octanol–water partition coefficient (Wildman–Crippen LogP) is 2.84. The minimum Gasteiger partial charge on any atom is -0.368 e. The largest absolute Gasteiger partial charge is 0.368 e. The molecule has 1 atom stereocenters. The van der Waals surface area contributed by atoms with Crippen molar-refractivity contribution in [1.29, 1.82) is 0 Å². The lowest BCUT2D eigenvalue weighted by molar-refractivity contribution is -0.139. The van der Waals surface area contributed by atoms with Gasteiger partial charge in [0.15, 0.2) is 0 Å². The van der Waals surface area contributed by atoms with Crippen LogP contribution in [0.2, 0.25) is 0 Å². The highest BCUT2D eigenvalue weighted by Gasteiger charge is 2.29. The summed E-state index contributed by atoms with van der Waals surface area (Å²) in [5, 5.41) is 0. The molecule has 0 radical (unpaired) electrons. The van der Waals surface area contributed by atoms with E-state index in [9.17, 15) is 9.18 Å². The number of imidazole rings is 1. The second kappa shape index (κ2) is 9.44. The Balaban J connectivity index is 1.57. The van der Waals surface area contributed by atoms with Crippen LogP contribution in [-0.2, 0) is 16.1 Å². The average Bonchev–Trinajstić information content (AvgIpc) is 3.21. The van der Waals surface area contributed by atoms with Crippen LogP contribution in [0.15, 0.2) is 42.9 Å². The number of aryl methyl sites for hydroxylation is 2. The fourth-order valence-corrected chi connectivity index (χ4v) is 3.78. The third kappa shape index (κ3) is 4.77. The lowest BCUT2D eigenvalue weighted by Gasteiger charge is -2.33. The zero-order valence-corrected chi connectivity index (χ0v) is 18.5. The van der Waals surface area contributed by atoms with E-state index in [-0.39, 0.29) is 11.7 Å². The molecule has 1 aliphatic rings. The van der Waals surface area contributed by atoms with Crippen LogP contribution in [0, 0.1) is 12.7 Å². The second-order valence-electron chi connectivity index (χ2n) is 7.99. The van der Waals surface area contributed by atoms with Crippen LogP contribution in [0.4, 0.5) is 10.3 Å². The molecule has 9 heteroatoms. The van der Waals surface area contributed by atoms with Gasteiger partial charge in [-0.05, 0) is 24.6 Å². The molecule has 2 aromatic heterocycles. The molecule has 168 valence electrons. The van der Waals surface area contributed by atoms with E-state index >= 15 is 0 Å². The van der Waals surface area contributed by atoms with E-state index in [1.54, 1.807) is 23.4 Å². The van der Waals surface area contributed by atoms with Crippen LogP contribution in [0.3, 0.4) is 0 Å². The van der Waals surface area contributed by atoms with E-state index in [0.29, 0.717) is 55.4 Å². The number of anilines is 1. The summed E-state index contributed by atoms with van der Waals surface area (Å²) in [6, 6.07) is 6.33. The summed E-state index contributed by atoms with van der Waals surface area (Å²) in [6.07, 6.45) is 5.25. The van der Waals surface area contributed by atoms with Gasteiger partial charge >= 0.3 is 0 Å². The summed E-state index contributed by atoms with van der Waals surface area (Å²) >= 11 is 0. The van der Waals surface area contributed by atoms with Crippen molar-refractivity contribution in [2.75, 3.05) is 38.7 Å². The smallest absolute Gasteiger partial charge is 0.225 e. The monoisotopic (exact) mass is 438 g/mol. The Labute approximate surface area is 186 Å². The van der Waals surface area contributed by atoms with Crippen LogP contribution < -0.4 is 4.90 Å². The molecule has 0 N–H and O–H groups in total. The maximum Gasteiger partial charge on any atom is 0.225 e. The number of aromatic nitrogens is 4. The molecule has 0 bridgehead atoms. The van der Waals surface area contributed by atoms with Crippen molar-refractivity contribution in [1.82, 2.24) is 24.4 Å². The third-order valence-electron chi connectivity index (χ3n) is 5.56. The van der Waals surface area contributed by atoms with Crippen molar-refractivity contribution in [3.8, 4) is 11.1 Å². The van der Waals surface area contributed by atoms with Crippen LogP contribution in [0.25, 0.3) is 11.1 Å². The third-order valence-corrected chi connectivity index (χ3v) is 5.56. The van der Waals surface area contributed by atoms with Gasteiger partial charge in [0.2, 0.25) is 11.9 Å². The molecule has 0 aliphatic carbocycles.